The summed E-state index contributed by atoms with van der Waals surface area (Å²) in [4.78, 5) is 39.6. The Labute approximate surface area is 248 Å². The van der Waals surface area contributed by atoms with Crippen molar-refractivity contribution in [3.05, 3.63) is 100 Å². The lowest BCUT2D eigenvalue weighted by Gasteiger charge is -2.26. The third-order valence-electron chi connectivity index (χ3n) is 7.23. The standard InChI is InChI=1S/C33H34F4N2O4/c1-20(33(35,36)37)29(30(41)38-24-8-5-7-21(17-24)13-16-28(40)43-32(2,3)4)23-14-11-22(12-15-23)18-39-19-26-25(31(39)42)9-6-10-27(26)34/h5-12,14-15,17,20,29H,13,16,18-19H2,1-4H3,(H,38,41). The first-order chi connectivity index (χ1) is 20.1. The smallest absolute Gasteiger partial charge is 0.392 e. The van der Waals surface area contributed by atoms with Crippen LogP contribution >= 0.6 is 0 Å². The minimum Gasteiger partial charge on any atom is -0.460 e. The molecule has 0 saturated carbocycles. The molecule has 0 aliphatic carbocycles. The molecule has 228 valence electrons. The lowest BCUT2D eigenvalue weighted by Crippen LogP contribution is -2.34. The van der Waals surface area contributed by atoms with Crippen LogP contribution in [0.15, 0.2) is 66.7 Å². The number of rotatable bonds is 9. The fourth-order valence-corrected chi connectivity index (χ4v) is 5.05. The Morgan fingerprint density at radius 1 is 0.977 bits per heavy atom. The second-order valence-corrected chi connectivity index (χ2v) is 11.8. The molecular weight excluding hydrogens is 564 g/mol. The molecule has 1 N–H and O–H groups in total. The number of halogens is 4. The molecule has 3 aromatic carbocycles. The lowest BCUT2D eigenvalue weighted by molar-refractivity contribution is -0.178. The van der Waals surface area contributed by atoms with Crippen LogP contribution in [0.3, 0.4) is 0 Å². The minimum atomic E-state index is -4.65. The molecule has 1 aliphatic heterocycles. The van der Waals surface area contributed by atoms with E-state index in [1.807, 2.05) is 0 Å². The highest BCUT2D eigenvalue weighted by Crippen LogP contribution is 2.38. The maximum absolute atomic E-state index is 14.1. The van der Waals surface area contributed by atoms with E-state index in [0.29, 0.717) is 34.4 Å². The maximum atomic E-state index is 14.1. The molecule has 6 nitrogen and oxygen atoms in total. The second-order valence-electron chi connectivity index (χ2n) is 11.8. The number of hydrogen-bond acceptors (Lipinski definition) is 4. The van der Waals surface area contributed by atoms with Gasteiger partial charge in [0.1, 0.15) is 11.4 Å². The van der Waals surface area contributed by atoms with Gasteiger partial charge in [-0.05, 0) is 68.1 Å². The molecule has 3 aromatic rings. The summed E-state index contributed by atoms with van der Waals surface area (Å²) in [7, 11) is 0. The van der Waals surface area contributed by atoms with Gasteiger partial charge >= 0.3 is 12.1 Å². The van der Waals surface area contributed by atoms with Crippen molar-refractivity contribution in [2.45, 2.75) is 71.3 Å². The number of hydrogen-bond donors (Lipinski definition) is 1. The number of aryl methyl sites for hydroxylation is 1. The quantitative estimate of drug-likeness (QED) is 0.209. The van der Waals surface area contributed by atoms with Crippen LogP contribution in [-0.4, -0.2) is 34.5 Å². The van der Waals surface area contributed by atoms with E-state index in [0.717, 1.165) is 6.92 Å². The maximum Gasteiger partial charge on any atom is 0.392 e. The zero-order chi connectivity index (χ0) is 31.5. The van der Waals surface area contributed by atoms with Crippen LogP contribution in [0, 0.1) is 11.7 Å². The lowest BCUT2D eigenvalue weighted by atomic mass is 9.85. The molecule has 10 heteroatoms. The number of nitrogens with zero attached hydrogens (tertiary/aromatic N) is 1. The van der Waals surface area contributed by atoms with E-state index in [4.69, 9.17) is 4.74 Å². The molecule has 4 rings (SSSR count). The van der Waals surface area contributed by atoms with Crippen molar-refractivity contribution in [1.82, 2.24) is 4.90 Å². The van der Waals surface area contributed by atoms with Crippen LogP contribution in [0.25, 0.3) is 0 Å². The average molecular weight is 599 g/mol. The van der Waals surface area contributed by atoms with Crippen molar-refractivity contribution >= 4 is 23.5 Å². The van der Waals surface area contributed by atoms with Crippen molar-refractivity contribution in [3.63, 3.8) is 0 Å². The average Bonchev–Trinajstić information content (AvgIpc) is 3.23. The topological polar surface area (TPSA) is 75.7 Å². The van der Waals surface area contributed by atoms with Crippen molar-refractivity contribution in [1.29, 1.82) is 0 Å². The Bertz CT molecular complexity index is 1500. The number of ether oxygens (including phenoxy) is 1. The summed E-state index contributed by atoms with van der Waals surface area (Å²) in [6.07, 6.45) is -4.20. The summed E-state index contributed by atoms with van der Waals surface area (Å²) >= 11 is 0. The van der Waals surface area contributed by atoms with Crippen molar-refractivity contribution in [3.8, 4) is 0 Å². The highest BCUT2D eigenvalue weighted by atomic mass is 19.4. The summed E-state index contributed by atoms with van der Waals surface area (Å²) in [5, 5.41) is 2.61. The number of alkyl halides is 3. The van der Waals surface area contributed by atoms with Gasteiger partial charge in [-0.15, -0.1) is 0 Å². The first-order valence-corrected chi connectivity index (χ1v) is 14.0. The van der Waals surface area contributed by atoms with Crippen LogP contribution < -0.4 is 5.32 Å². The fraction of sp³-hybridized carbons (Fsp3) is 0.364. The zero-order valence-electron chi connectivity index (χ0n) is 24.4. The molecule has 2 unspecified atom stereocenters. The molecule has 0 radical (unpaired) electrons. The van der Waals surface area contributed by atoms with Gasteiger partial charge in [0.15, 0.2) is 0 Å². The molecule has 0 saturated heterocycles. The molecule has 0 bridgehead atoms. The van der Waals surface area contributed by atoms with Gasteiger partial charge in [-0.1, -0.05) is 49.4 Å². The second kappa shape index (κ2) is 12.6. The van der Waals surface area contributed by atoms with Crippen LogP contribution in [0.1, 0.15) is 72.6 Å². The minimum absolute atomic E-state index is 0.0928. The van der Waals surface area contributed by atoms with Crippen molar-refractivity contribution in [2.75, 3.05) is 5.32 Å². The first kappa shape index (κ1) is 31.7. The summed E-state index contributed by atoms with van der Waals surface area (Å²) in [6, 6.07) is 17.0. The Kier molecular flexibility index (Phi) is 9.27. The van der Waals surface area contributed by atoms with Gasteiger partial charge in [0.2, 0.25) is 5.91 Å². The van der Waals surface area contributed by atoms with Crippen molar-refractivity contribution < 1.29 is 36.7 Å². The molecule has 2 amide bonds. The molecule has 1 heterocycles. The van der Waals surface area contributed by atoms with Gasteiger partial charge in [0.25, 0.3) is 5.91 Å². The monoisotopic (exact) mass is 598 g/mol. The Morgan fingerprint density at radius 2 is 1.65 bits per heavy atom. The number of amides is 2. The van der Waals surface area contributed by atoms with E-state index < -0.39 is 35.3 Å². The first-order valence-electron chi connectivity index (χ1n) is 14.0. The highest BCUT2D eigenvalue weighted by molar-refractivity contribution is 5.98. The van der Waals surface area contributed by atoms with Crippen molar-refractivity contribution in [2.24, 2.45) is 5.92 Å². The SMILES string of the molecule is CC(C(C(=O)Nc1cccc(CCC(=O)OC(C)(C)C)c1)c1ccc(CN2Cc3c(F)cccc3C2=O)cc1)C(F)(F)F. The van der Waals surface area contributed by atoms with Crippen LogP contribution in [0.4, 0.5) is 23.2 Å². The number of carbonyl (C=O) groups excluding carboxylic acids is 3. The van der Waals surface area contributed by atoms with E-state index in [-0.39, 0.29) is 37.0 Å². The van der Waals surface area contributed by atoms with E-state index in [1.54, 1.807) is 63.2 Å². The highest BCUT2D eigenvalue weighted by Gasteiger charge is 2.45. The Morgan fingerprint density at radius 3 is 2.28 bits per heavy atom. The number of anilines is 1. The van der Waals surface area contributed by atoms with Gasteiger partial charge in [-0.2, -0.15) is 13.2 Å². The number of benzene rings is 3. The Balaban J connectivity index is 1.47. The summed E-state index contributed by atoms with van der Waals surface area (Å²) in [5.74, 6) is -5.54. The van der Waals surface area contributed by atoms with E-state index in [2.05, 4.69) is 5.32 Å². The van der Waals surface area contributed by atoms with E-state index in [9.17, 15) is 31.9 Å². The van der Waals surface area contributed by atoms with E-state index >= 15 is 0 Å². The zero-order valence-corrected chi connectivity index (χ0v) is 24.4. The molecule has 0 aromatic heterocycles. The Hall–Kier alpha value is -4.21. The van der Waals surface area contributed by atoms with Crippen LogP contribution in [0.2, 0.25) is 0 Å². The third-order valence-corrected chi connectivity index (χ3v) is 7.23. The number of nitrogens with one attached hydrogen (secondary N) is 1. The predicted octanol–water partition coefficient (Wildman–Crippen LogP) is 7.18. The predicted molar refractivity (Wildman–Crippen MR) is 154 cm³/mol. The molecular formula is C33H34F4N2O4. The van der Waals surface area contributed by atoms with Gasteiger partial charge in [0, 0.05) is 29.8 Å². The van der Waals surface area contributed by atoms with Crippen LogP contribution in [-0.2, 0) is 33.8 Å². The summed E-state index contributed by atoms with van der Waals surface area (Å²) in [6.45, 7) is 6.49. The molecule has 2 atom stereocenters. The number of carbonyl (C=O) groups is 3. The summed E-state index contributed by atoms with van der Waals surface area (Å²) in [5.41, 5.74) is 1.80. The number of esters is 1. The fourth-order valence-electron chi connectivity index (χ4n) is 5.05. The summed E-state index contributed by atoms with van der Waals surface area (Å²) < 4.78 is 61.1. The third kappa shape index (κ3) is 8.00. The number of fused-ring (bicyclic) bond motifs is 1. The molecule has 1 aliphatic rings. The normalized spacial score (nSPS) is 14.7. The largest absolute Gasteiger partial charge is 0.460 e. The van der Waals surface area contributed by atoms with Gasteiger partial charge in [-0.3, -0.25) is 14.4 Å². The van der Waals surface area contributed by atoms with E-state index in [1.165, 1.54) is 29.2 Å². The van der Waals surface area contributed by atoms with Gasteiger partial charge in [-0.25, -0.2) is 4.39 Å². The molecule has 43 heavy (non-hydrogen) atoms. The molecule has 0 spiro atoms. The van der Waals surface area contributed by atoms with Crippen LogP contribution in [0.5, 0.6) is 0 Å². The molecule has 0 fully saturated rings. The van der Waals surface area contributed by atoms with Gasteiger partial charge in [0.05, 0.1) is 18.4 Å². The van der Waals surface area contributed by atoms with Gasteiger partial charge < -0.3 is 15.0 Å².